The van der Waals surface area contributed by atoms with E-state index in [1.165, 1.54) is 0 Å². The molecule has 0 bridgehead atoms. The Morgan fingerprint density at radius 2 is 2.27 bits per heavy atom. The molecule has 0 spiro atoms. The van der Waals surface area contributed by atoms with Gasteiger partial charge >= 0.3 is 0 Å². The zero-order valence-electron chi connectivity index (χ0n) is 8.57. The average Bonchev–Trinajstić information content (AvgIpc) is 2.71. The van der Waals surface area contributed by atoms with Gasteiger partial charge in [0.05, 0.1) is 0 Å². The first-order chi connectivity index (χ1) is 7.34. The molecule has 0 aliphatic rings. The molecule has 0 aromatic carbocycles. The molecular weight excluding hydrogens is 190 g/mol. The Morgan fingerprint density at radius 1 is 1.33 bits per heavy atom. The van der Waals surface area contributed by atoms with Crippen LogP contribution < -0.4 is 5.32 Å². The molecule has 2 heterocycles. The molecule has 78 valence electrons. The number of aromatic amines is 1. The lowest BCUT2D eigenvalue weighted by atomic mass is 10.4. The number of nitrogens with zero attached hydrogens (tertiary/aromatic N) is 3. The lowest BCUT2D eigenvalue weighted by Gasteiger charge is -2.03. The van der Waals surface area contributed by atoms with E-state index in [0.29, 0.717) is 0 Å². The molecule has 0 saturated carbocycles. The van der Waals surface area contributed by atoms with Gasteiger partial charge in [-0.1, -0.05) is 0 Å². The van der Waals surface area contributed by atoms with E-state index in [-0.39, 0.29) is 0 Å². The third-order valence-electron chi connectivity index (χ3n) is 2.00. The highest BCUT2D eigenvalue weighted by Gasteiger charge is 1.96. The minimum Gasteiger partial charge on any atom is -0.370 e. The highest BCUT2D eigenvalue weighted by atomic mass is 15.0. The number of anilines is 1. The van der Waals surface area contributed by atoms with Gasteiger partial charge in [-0.15, -0.1) is 0 Å². The van der Waals surface area contributed by atoms with Crippen LogP contribution in [0.3, 0.4) is 0 Å². The molecule has 15 heavy (non-hydrogen) atoms. The maximum atomic E-state index is 4.24. The zero-order chi connectivity index (χ0) is 10.5. The van der Waals surface area contributed by atoms with Crippen molar-refractivity contribution in [2.45, 2.75) is 13.3 Å². The third-order valence-corrected chi connectivity index (χ3v) is 2.00. The Balaban J connectivity index is 1.83. The molecule has 0 fully saturated rings. The molecule has 0 aliphatic heterocycles. The number of aryl methyl sites for hydroxylation is 1. The van der Waals surface area contributed by atoms with E-state index in [4.69, 9.17) is 0 Å². The number of nitrogens with one attached hydrogen (secondary N) is 2. The number of imidazole rings is 1. The van der Waals surface area contributed by atoms with Crippen molar-refractivity contribution in [1.29, 1.82) is 0 Å². The SMILES string of the molecule is Cc1nccc(NCCc2ncc[nH]2)n1. The topological polar surface area (TPSA) is 66.5 Å². The van der Waals surface area contributed by atoms with Crippen LogP contribution in [0.25, 0.3) is 0 Å². The fourth-order valence-corrected chi connectivity index (χ4v) is 1.30. The summed E-state index contributed by atoms with van der Waals surface area (Å²) >= 11 is 0. The first-order valence-corrected chi connectivity index (χ1v) is 4.86. The monoisotopic (exact) mass is 203 g/mol. The quantitative estimate of drug-likeness (QED) is 0.782. The molecule has 0 atom stereocenters. The average molecular weight is 203 g/mol. The predicted octanol–water partition coefficient (Wildman–Crippen LogP) is 1.16. The van der Waals surface area contributed by atoms with E-state index >= 15 is 0 Å². The van der Waals surface area contributed by atoms with Gasteiger partial charge in [-0.2, -0.15) is 0 Å². The summed E-state index contributed by atoms with van der Waals surface area (Å²) in [5, 5.41) is 3.21. The second kappa shape index (κ2) is 4.54. The fourth-order valence-electron chi connectivity index (χ4n) is 1.30. The molecule has 0 aliphatic carbocycles. The summed E-state index contributed by atoms with van der Waals surface area (Å²) in [5.74, 6) is 2.61. The van der Waals surface area contributed by atoms with Gasteiger partial charge in [0.1, 0.15) is 17.5 Å². The van der Waals surface area contributed by atoms with Gasteiger partial charge in [0.2, 0.25) is 0 Å². The summed E-state index contributed by atoms with van der Waals surface area (Å²) in [6.07, 6.45) is 6.18. The number of rotatable bonds is 4. The maximum Gasteiger partial charge on any atom is 0.129 e. The number of hydrogen-bond acceptors (Lipinski definition) is 4. The molecule has 2 aromatic heterocycles. The van der Waals surface area contributed by atoms with Crippen LogP contribution in [0, 0.1) is 6.92 Å². The molecule has 0 radical (unpaired) electrons. The summed E-state index contributed by atoms with van der Waals surface area (Å²) in [7, 11) is 0. The molecule has 5 heteroatoms. The molecule has 0 unspecified atom stereocenters. The smallest absolute Gasteiger partial charge is 0.129 e. The first kappa shape index (κ1) is 9.64. The molecule has 2 rings (SSSR count). The zero-order valence-corrected chi connectivity index (χ0v) is 8.57. The Bertz CT molecular complexity index is 410. The Labute approximate surface area is 88.0 Å². The van der Waals surface area contributed by atoms with Gasteiger partial charge < -0.3 is 10.3 Å². The number of aromatic nitrogens is 4. The lowest BCUT2D eigenvalue weighted by molar-refractivity contribution is 0.915. The van der Waals surface area contributed by atoms with E-state index < -0.39 is 0 Å². The summed E-state index contributed by atoms with van der Waals surface area (Å²) in [5.41, 5.74) is 0. The Morgan fingerprint density at radius 3 is 3.00 bits per heavy atom. The van der Waals surface area contributed by atoms with Crippen LogP contribution in [0.15, 0.2) is 24.7 Å². The van der Waals surface area contributed by atoms with Crippen molar-refractivity contribution in [1.82, 2.24) is 19.9 Å². The second-order valence-corrected chi connectivity index (χ2v) is 3.20. The first-order valence-electron chi connectivity index (χ1n) is 4.86. The summed E-state index contributed by atoms with van der Waals surface area (Å²) in [6.45, 7) is 2.68. The fraction of sp³-hybridized carbons (Fsp3) is 0.300. The predicted molar refractivity (Wildman–Crippen MR) is 57.6 cm³/mol. The largest absolute Gasteiger partial charge is 0.370 e. The minimum absolute atomic E-state index is 0.776. The van der Waals surface area contributed by atoms with E-state index in [1.54, 1.807) is 12.4 Å². The van der Waals surface area contributed by atoms with Crippen molar-refractivity contribution < 1.29 is 0 Å². The van der Waals surface area contributed by atoms with Crippen LogP contribution in [0.2, 0.25) is 0 Å². The highest BCUT2D eigenvalue weighted by Crippen LogP contribution is 2.01. The molecule has 0 amide bonds. The summed E-state index contributed by atoms with van der Waals surface area (Å²) in [4.78, 5) is 15.5. The summed E-state index contributed by atoms with van der Waals surface area (Å²) < 4.78 is 0. The molecular formula is C10H13N5. The van der Waals surface area contributed by atoms with Crippen molar-refractivity contribution in [2.24, 2.45) is 0 Å². The highest BCUT2D eigenvalue weighted by molar-refractivity contribution is 5.32. The minimum atomic E-state index is 0.776. The van der Waals surface area contributed by atoms with E-state index in [2.05, 4.69) is 25.3 Å². The third kappa shape index (κ3) is 2.77. The molecule has 2 N–H and O–H groups in total. The van der Waals surface area contributed by atoms with Crippen molar-refractivity contribution in [2.75, 3.05) is 11.9 Å². The van der Waals surface area contributed by atoms with Crippen LogP contribution in [-0.4, -0.2) is 26.5 Å². The molecule has 2 aromatic rings. The van der Waals surface area contributed by atoms with Crippen LogP contribution in [0.1, 0.15) is 11.6 Å². The van der Waals surface area contributed by atoms with E-state index in [9.17, 15) is 0 Å². The van der Waals surface area contributed by atoms with Crippen LogP contribution in [0.5, 0.6) is 0 Å². The van der Waals surface area contributed by atoms with Gasteiger partial charge in [-0.3, -0.25) is 0 Å². The van der Waals surface area contributed by atoms with Gasteiger partial charge in [0, 0.05) is 31.6 Å². The summed E-state index contributed by atoms with van der Waals surface area (Å²) in [6, 6.07) is 1.86. The van der Waals surface area contributed by atoms with E-state index in [1.807, 2.05) is 19.2 Å². The molecule has 5 nitrogen and oxygen atoms in total. The van der Waals surface area contributed by atoms with Gasteiger partial charge in [-0.25, -0.2) is 15.0 Å². The standard InChI is InChI=1S/C10H13N5/c1-8-11-4-3-10(15-8)12-5-2-9-13-6-7-14-9/h3-4,6-7H,2,5H2,1H3,(H,13,14)(H,11,12,15). The molecule has 0 saturated heterocycles. The Hall–Kier alpha value is -1.91. The number of H-pyrrole nitrogens is 1. The van der Waals surface area contributed by atoms with Gasteiger partial charge in [0.25, 0.3) is 0 Å². The second-order valence-electron chi connectivity index (χ2n) is 3.20. The number of hydrogen-bond donors (Lipinski definition) is 2. The van der Waals surface area contributed by atoms with Crippen LogP contribution in [-0.2, 0) is 6.42 Å². The van der Waals surface area contributed by atoms with Crippen LogP contribution in [0.4, 0.5) is 5.82 Å². The maximum absolute atomic E-state index is 4.24. The Kier molecular flexibility index (Phi) is 2.92. The van der Waals surface area contributed by atoms with Gasteiger partial charge in [0.15, 0.2) is 0 Å². The van der Waals surface area contributed by atoms with Crippen molar-refractivity contribution >= 4 is 5.82 Å². The van der Waals surface area contributed by atoms with E-state index in [0.717, 1.165) is 30.4 Å². The van der Waals surface area contributed by atoms with Crippen LogP contribution >= 0.6 is 0 Å². The van der Waals surface area contributed by atoms with Crippen molar-refractivity contribution in [3.8, 4) is 0 Å². The van der Waals surface area contributed by atoms with Crippen molar-refractivity contribution in [3.05, 3.63) is 36.3 Å². The normalized spacial score (nSPS) is 10.2. The lowest BCUT2D eigenvalue weighted by Crippen LogP contribution is -2.07. The van der Waals surface area contributed by atoms with Gasteiger partial charge in [-0.05, 0) is 13.0 Å². The van der Waals surface area contributed by atoms with Crippen molar-refractivity contribution in [3.63, 3.8) is 0 Å².